The van der Waals surface area contributed by atoms with Crippen LogP contribution in [0.15, 0.2) is 36.2 Å². The fourth-order valence-electron chi connectivity index (χ4n) is 2.43. The Labute approximate surface area is 153 Å². The SMILES string of the molecule is CC(C)CC(F)=CC(CCCNC(N)=O)C(=O)Nc1ccc(CO)cc1. The molecule has 6 nitrogen and oxygen atoms in total. The van der Waals surface area contributed by atoms with Gasteiger partial charge in [-0.2, -0.15) is 0 Å². The maximum atomic E-state index is 14.1. The summed E-state index contributed by atoms with van der Waals surface area (Å²) in [6, 6.07) is 6.15. The lowest BCUT2D eigenvalue weighted by molar-refractivity contribution is -0.118. The van der Waals surface area contributed by atoms with Gasteiger partial charge in [0.1, 0.15) is 0 Å². The first-order valence-corrected chi connectivity index (χ1v) is 8.72. The summed E-state index contributed by atoms with van der Waals surface area (Å²) in [4.78, 5) is 23.2. The largest absolute Gasteiger partial charge is 0.392 e. The molecule has 0 heterocycles. The van der Waals surface area contributed by atoms with E-state index in [4.69, 9.17) is 10.8 Å². The highest BCUT2D eigenvalue weighted by molar-refractivity contribution is 5.93. The van der Waals surface area contributed by atoms with Gasteiger partial charge in [0.15, 0.2) is 0 Å². The molecule has 1 aromatic carbocycles. The first-order valence-electron chi connectivity index (χ1n) is 8.72. The molecule has 7 heteroatoms. The Morgan fingerprint density at radius 2 is 1.92 bits per heavy atom. The number of aliphatic hydroxyl groups is 1. The van der Waals surface area contributed by atoms with Crippen molar-refractivity contribution in [1.29, 1.82) is 0 Å². The topological polar surface area (TPSA) is 104 Å². The number of primary amides is 1. The van der Waals surface area contributed by atoms with E-state index in [0.29, 0.717) is 25.1 Å². The van der Waals surface area contributed by atoms with Crippen LogP contribution < -0.4 is 16.4 Å². The van der Waals surface area contributed by atoms with Crippen LogP contribution in [0.1, 0.15) is 38.7 Å². The van der Waals surface area contributed by atoms with Gasteiger partial charge in [-0.1, -0.05) is 26.0 Å². The zero-order valence-electron chi connectivity index (χ0n) is 15.3. The molecule has 0 radical (unpaired) electrons. The summed E-state index contributed by atoms with van der Waals surface area (Å²) in [5, 5.41) is 14.3. The van der Waals surface area contributed by atoms with E-state index in [1.807, 2.05) is 13.8 Å². The van der Waals surface area contributed by atoms with Gasteiger partial charge in [-0.15, -0.1) is 0 Å². The van der Waals surface area contributed by atoms with Crippen LogP contribution in [-0.2, 0) is 11.4 Å². The minimum atomic E-state index is -0.652. The molecular weight excluding hydrogens is 337 g/mol. The van der Waals surface area contributed by atoms with Crippen LogP contribution in [0, 0.1) is 11.8 Å². The van der Waals surface area contributed by atoms with E-state index < -0.39 is 11.9 Å². The van der Waals surface area contributed by atoms with Gasteiger partial charge in [-0.25, -0.2) is 9.18 Å². The summed E-state index contributed by atoms with van der Waals surface area (Å²) in [6.45, 7) is 4.06. The summed E-state index contributed by atoms with van der Waals surface area (Å²) >= 11 is 0. The number of carbonyl (C=O) groups is 2. The molecule has 1 atom stereocenters. The molecule has 0 aliphatic rings. The first-order chi connectivity index (χ1) is 12.3. The maximum Gasteiger partial charge on any atom is 0.312 e. The van der Waals surface area contributed by atoms with E-state index in [1.165, 1.54) is 6.08 Å². The summed E-state index contributed by atoms with van der Waals surface area (Å²) in [5.41, 5.74) is 6.32. The molecule has 1 aromatic rings. The lowest BCUT2D eigenvalue weighted by atomic mass is 9.99. The van der Waals surface area contributed by atoms with Gasteiger partial charge in [0.2, 0.25) is 5.91 Å². The van der Waals surface area contributed by atoms with E-state index >= 15 is 0 Å². The lowest BCUT2D eigenvalue weighted by Gasteiger charge is -2.15. The van der Waals surface area contributed by atoms with Crippen molar-refractivity contribution in [3.63, 3.8) is 0 Å². The van der Waals surface area contributed by atoms with Crippen molar-refractivity contribution in [1.82, 2.24) is 5.32 Å². The van der Waals surface area contributed by atoms with Crippen LogP contribution in [0.5, 0.6) is 0 Å². The van der Waals surface area contributed by atoms with Gasteiger partial charge in [0.05, 0.1) is 18.4 Å². The number of halogens is 1. The molecule has 144 valence electrons. The quantitative estimate of drug-likeness (QED) is 0.479. The Morgan fingerprint density at radius 1 is 1.27 bits per heavy atom. The summed E-state index contributed by atoms with van der Waals surface area (Å²) in [5.74, 6) is -1.14. The highest BCUT2D eigenvalue weighted by atomic mass is 19.1. The zero-order valence-corrected chi connectivity index (χ0v) is 15.3. The smallest absolute Gasteiger partial charge is 0.312 e. The van der Waals surface area contributed by atoms with E-state index in [1.54, 1.807) is 24.3 Å². The second-order valence-corrected chi connectivity index (χ2v) is 6.60. The number of carbonyl (C=O) groups excluding carboxylic acids is 2. The number of anilines is 1. The van der Waals surface area contributed by atoms with Crippen LogP contribution in [0.3, 0.4) is 0 Å². The second-order valence-electron chi connectivity index (χ2n) is 6.60. The van der Waals surface area contributed by atoms with Crippen molar-refractivity contribution in [2.45, 2.75) is 39.7 Å². The molecular formula is C19H28FN3O3. The highest BCUT2D eigenvalue weighted by Crippen LogP contribution is 2.20. The van der Waals surface area contributed by atoms with Gasteiger partial charge in [-0.05, 0) is 42.5 Å². The molecule has 0 aliphatic heterocycles. The van der Waals surface area contributed by atoms with E-state index in [0.717, 1.165) is 5.56 Å². The molecule has 0 aromatic heterocycles. The number of hydrogen-bond acceptors (Lipinski definition) is 3. The molecule has 3 amide bonds. The number of nitrogens with one attached hydrogen (secondary N) is 2. The van der Waals surface area contributed by atoms with Crippen molar-refractivity contribution in [2.24, 2.45) is 17.6 Å². The number of urea groups is 1. The van der Waals surface area contributed by atoms with Crippen molar-refractivity contribution < 1.29 is 19.1 Å². The molecule has 0 bridgehead atoms. The average Bonchev–Trinajstić information content (AvgIpc) is 2.57. The number of benzene rings is 1. The minimum Gasteiger partial charge on any atom is -0.392 e. The number of nitrogens with two attached hydrogens (primary N) is 1. The number of amides is 3. The number of rotatable bonds is 10. The number of aliphatic hydroxyl groups excluding tert-OH is 1. The molecule has 1 rings (SSSR count). The van der Waals surface area contributed by atoms with Crippen LogP contribution in [0.2, 0.25) is 0 Å². The van der Waals surface area contributed by atoms with Crippen molar-refractivity contribution in [2.75, 3.05) is 11.9 Å². The Balaban J connectivity index is 2.76. The Morgan fingerprint density at radius 3 is 2.46 bits per heavy atom. The monoisotopic (exact) mass is 365 g/mol. The van der Waals surface area contributed by atoms with Gasteiger partial charge in [0, 0.05) is 18.7 Å². The third kappa shape index (κ3) is 8.62. The van der Waals surface area contributed by atoms with E-state index in [2.05, 4.69) is 10.6 Å². The highest BCUT2D eigenvalue weighted by Gasteiger charge is 2.18. The molecule has 26 heavy (non-hydrogen) atoms. The zero-order chi connectivity index (χ0) is 19.5. The van der Waals surface area contributed by atoms with Gasteiger partial charge in [-0.3, -0.25) is 4.79 Å². The summed E-state index contributed by atoms with van der Waals surface area (Å²) < 4.78 is 14.1. The van der Waals surface area contributed by atoms with E-state index in [-0.39, 0.29) is 30.7 Å². The Kier molecular flexibility index (Phi) is 9.36. The summed E-state index contributed by atoms with van der Waals surface area (Å²) in [6.07, 6.45) is 2.50. The minimum absolute atomic E-state index is 0.0765. The summed E-state index contributed by atoms with van der Waals surface area (Å²) in [7, 11) is 0. The normalized spacial score (nSPS) is 12.7. The van der Waals surface area contributed by atoms with E-state index in [9.17, 15) is 14.0 Å². The standard InChI is InChI=1S/C19H28FN3O3/c1-13(2)10-16(20)11-15(4-3-9-22-19(21)26)18(25)23-17-7-5-14(12-24)6-8-17/h5-8,11,13,15,24H,3-4,9-10,12H2,1-2H3,(H,23,25)(H3,21,22,26). The number of hydrogen-bond donors (Lipinski definition) is 4. The second kappa shape index (κ2) is 11.3. The average molecular weight is 365 g/mol. The molecule has 0 fully saturated rings. The molecule has 1 unspecified atom stereocenters. The Bertz CT molecular complexity index is 615. The van der Waals surface area contributed by atoms with Crippen molar-refractivity contribution >= 4 is 17.6 Å². The number of allylic oxidation sites excluding steroid dienone is 1. The molecule has 0 aliphatic carbocycles. The molecule has 0 saturated carbocycles. The van der Waals surface area contributed by atoms with Gasteiger partial charge >= 0.3 is 6.03 Å². The van der Waals surface area contributed by atoms with Crippen molar-refractivity contribution in [3.8, 4) is 0 Å². The first kappa shape index (κ1) is 21.6. The molecule has 0 spiro atoms. The Hall–Kier alpha value is -2.41. The third-order valence-electron chi connectivity index (χ3n) is 3.72. The van der Waals surface area contributed by atoms with Crippen LogP contribution in [-0.4, -0.2) is 23.6 Å². The lowest BCUT2D eigenvalue weighted by Crippen LogP contribution is -2.30. The van der Waals surface area contributed by atoms with Gasteiger partial charge < -0.3 is 21.5 Å². The molecule has 0 saturated heterocycles. The van der Waals surface area contributed by atoms with Crippen molar-refractivity contribution in [3.05, 3.63) is 41.7 Å². The predicted molar refractivity (Wildman–Crippen MR) is 100.0 cm³/mol. The predicted octanol–water partition coefficient (Wildman–Crippen LogP) is 3.08. The fourth-order valence-corrected chi connectivity index (χ4v) is 2.43. The fraction of sp³-hybridized carbons (Fsp3) is 0.474. The maximum absolute atomic E-state index is 14.1. The van der Waals surface area contributed by atoms with Crippen LogP contribution in [0.4, 0.5) is 14.9 Å². The van der Waals surface area contributed by atoms with Gasteiger partial charge in [0.25, 0.3) is 0 Å². The van der Waals surface area contributed by atoms with Crippen LogP contribution >= 0.6 is 0 Å². The third-order valence-corrected chi connectivity index (χ3v) is 3.72. The molecule has 5 N–H and O–H groups in total. The van der Waals surface area contributed by atoms with Crippen LogP contribution in [0.25, 0.3) is 0 Å².